The van der Waals surface area contributed by atoms with E-state index in [0.717, 1.165) is 5.56 Å². The summed E-state index contributed by atoms with van der Waals surface area (Å²) in [5.41, 5.74) is 0.752. The van der Waals surface area contributed by atoms with Crippen LogP contribution in [-0.2, 0) is 16.6 Å². The van der Waals surface area contributed by atoms with Crippen molar-refractivity contribution < 1.29 is 19.8 Å². The number of β-amino-alcohol motifs (C(OH)–C–C–N with tert-alkyl or cyclic N) is 1. The van der Waals surface area contributed by atoms with Crippen LogP contribution in [0.1, 0.15) is 12.0 Å². The minimum absolute atomic E-state index is 0.0488. The number of carboxylic acid groups (broad SMARTS) is 1. The van der Waals surface area contributed by atoms with E-state index in [2.05, 4.69) is 5.10 Å². The number of rotatable bonds is 3. The fraction of sp³-hybridized carbons (Fsp3) is 0.417. The zero-order valence-electron chi connectivity index (χ0n) is 10.4. The molecule has 0 spiro atoms. The number of hydrogen-bond donors (Lipinski definition) is 2. The molecule has 19 heavy (non-hydrogen) atoms. The Labute approximate surface area is 109 Å². The number of carbonyl (C=O) groups is 2. The van der Waals surface area contributed by atoms with E-state index in [1.54, 1.807) is 30.2 Å². The summed E-state index contributed by atoms with van der Waals surface area (Å²) in [6.07, 6.45) is 5.48. The Morgan fingerprint density at radius 2 is 2.26 bits per heavy atom. The summed E-state index contributed by atoms with van der Waals surface area (Å²) in [6.45, 7) is 0.0488. The monoisotopic (exact) mass is 265 g/mol. The predicted octanol–water partition coefficient (Wildman–Crippen LogP) is -0.520. The Morgan fingerprint density at radius 1 is 1.53 bits per heavy atom. The molecule has 1 amide bonds. The average Bonchev–Trinajstić information content (AvgIpc) is 2.92. The molecule has 7 heteroatoms. The number of aliphatic hydroxyl groups is 1. The molecule has 2 atom stereocenters. The molecule has 2 heterocycles. The van der Waals surface area contributed by atoms with Gasteiger partial charge in [0.1, 0.15) is 6.04 Å². The quantitative estimate of drug-likeness (QED) is 0.717. The molecule has 7 nitrogen and oxygen atoms in total. The lowest BCUT2D eigenvalue weighted by molar-refractivity contribution is -0.146. The minimum atomic E-state index is -1.10. The maximum Gasteiger partial charge on any atom is 0.326 e. The van der Waals surface area contributed by atoms with Gasteiger partial charge in [-0.2, -0.15) is 5.10 Å². The molecule has 1 aromatic heterocycles. The topological polar surface area (TPSA) is 95.7 Å². The van der Waals surface area contributed by atoms with Gasteiger partial charge in [0.15, 0.2) is 0 Å². The molecule has 2 N–H and O–H groups in total. The third-order valence-electron chi connectivity index (χ3n) is 2.99. The van der Waals surface area contributed by atoms with Crippen LogP contribution in [0.5, 0.6) is 0 Å². The number of amides is 1. The van der Waals surface area contributed by atoms with Gasteiger partial charge in [0.2, 0.25) is 5.91 Å². The Bertz CT molecular complexity index is 523. The van der Waals surface area contributed by atoms with Crippen LogP contribution in [0.25, 0.3) is 6.08 Å². The first-order valence-electron chi connectivity index (χ1n) is 5.85. The Kier molecular flexibility index (Phi) is 3.66. The molecular weight excluding hydrogens is 250 g/mol. The summed E-state index contributed by atoms with van der Waals surface area (Å²) in [5.74, 6) is -1.52. The SMILES string of the molecule is Cn1cc(/C=C/C(=O)N2CC(O)CC2C(=O)O)cn1. The fourth-order valence-electron chi connectivity index (χ4n) is 2.08. The number of carbonyl (C=O) groups excluding carboxylic acids is 1. The van der Waals surface area contributed by atoms with E-state index < -0.39 is 24.0 Å². The van der Waals surface area contributed by atoms with Crippen LogP contribution in [-0.4, -0.2) is 55.5 Å². The van der Waals surface area contributed by atoms with Gasteiger partial charge in [-0.15, -0.1) is 0 Å². The molecule has 0 radical (unpaired) electrons. The molecule has 2 unspecified atom stereocenters. The van der Waals surface area contributed by atoms with Crippen LogP contribution in [0.3, 0.4) is 0 Å². The first-order chi connectivity index (χ1) is 8.97. The Morgan fingerprint density at radius 3 is 2.84 bits per heavy atom. The minimum Gasteiger partial charge on any atom is -0.480 e. The predicted molar refractivity (Wildman–Crippen MR) is 66.0 cm³/mol. The summed E-state index contributed by atoms with van der Waals surface area (Å²) >= 11 is 0. The summed E-state index contributed by atoms with van der Waals surface area (Å²) in [6, 6.07) is -0.957. The van der Waals surface area contributed by atoms with Crippen molar-refractivity contribution in [3.8, 4) is 0 Å². The van der Waals surface area contributed by atoms with Gasteiger partial charge in [-0.3, -0.25) is 9.48 Å². The Hall–Kier alpha value is -2.15. The van der Waals surface area contributed by atoms with Crippen molar-refractivity contribution in [1.29, 1.82) is 0 Å². The highest BCUT2D eigenvalue weighted by Gasteiger charge is 2.37. The molecule has 1 aliphatic heterocycles. The van der Waals surface area contributed by atoms with Crippen LogP contribution < -0.4 is 0 Å². The van der Waals surface area contributed by atoms with E-state index in [-0.39, 0.29) is 13.0 Å². The highest BCUT2D eigenvalue weighted by Crippen LogP contribution is 2.18. The van der Waals surface area contributed by atoms with Crippen LogP contribution in [0.15, 0.2) is 18.5 Å². The van der Waals surface area contributed by atoms with Gasteiger partial charge in [0, 0.05) is 37.8 Å². The number of likely N-dealkylation sites (tertiary alicyclic amines) is 1. The summed E-state index contributed by atoms with van der Waals surface area (Å²) in [4.78, 5) is 24.1. The third-order valence-corrected chi connectivity index (χ3v) is 2.99. The van der Waals surface area contributed by atoms with E-state index in [9.17, 15) is 14.7 Å². The molecule has 0 bridgehead atoms. The van der Waals surface area contributed by atoms with Gasteiger partial charge >= 0.3 is 5.97 Å². The van der Waals surface area contributed by atoms with Crippen molar-refractivity contribution in [3.05, 3.63) is 24.0 Å². The van der Waals surface area contributed by atoms with Crippen molar-refractivity contribution in [2.75, 3.05) is 6.54 Å². The van der Waals surface area contributed by atoms with Crippen LogP contribution in [0.2, 0.25) is 0 Å². The lowest BCUT2D eigenvalue weighted by atomic mass is 10.2. The van der Waals surface area contributed by atoms with E-state index in [4.69, 9.17) is 5.11 Å². The van der Waals surface area contributed by atoms with E-state index in [0.29, 0.717) is 0 Å². The van der Waals surface area contributed by atoms with Gasteiger partial charge in [-0.25, -0.2) is 4.79 Å². The highest BCUT2D eigenvalue weighted by atomic mass is 16.4. The van der Waals surface area contributed by atoms with Crippen molar-refractivity contribution >= 4 is 18.0 Å². The summed E-state index contributed by atoms with van der Waals surface area (Å²) < 4.78 is 1.60. The van der Waals surface area contributed by atoms with Crippen LogP contribution >= 0.6 is 0 Å². The van der Waals surface area contributed by atoms with Crippen LogP contribution in [0, 0.1) is 0 Å². The Balaban J connectivity index is 2.06. The first kappa shape index (κ1) is 13.3. The van der Waals surface area contributed by atoms with Crippen molar-refractivity contribution in [3.63, 3.8) is 0 Å². The van der Waals surface area contributed by atoms with Gasteiger partial charge in [0.25, 0.3) is 0 Å². The second kappa shape index (κ2) is 5.23. The highest BCUT2D eigenvalue weighted by molar-refractivity contribution is 5.94. The number of aliphatic carboxylic acids is 1. The van der Waals surface area contributed by atoms with Gasteiger partial charge in [0.05, 0.1) is 12.3 Å². The summed E-state index contributed by atoms with van der Waals surface area (Å²) in [7, 11) is 1.76. The number of aliphatic hydroxyl groups excluding tert-OH is 1. The normalized spacial score (nSPS) is 23.2. The number of nitrogens with zero attached hydrogens (tertiary/aromatic N) is 3. The number of aryl methyl sites for hydroxylation is 1. The molecule has 0 saturated carbocycles. The standard InChI is InChI=1S/C12H15N3O4/c1-14-6-8(5-13-14)2-3-11(17)15-7-9(16)4-10(15)12(18)19/h2-3,5-6,9-10,16H,4,7H2,1H3,(H,18,19)/b3-2+. The van der Waals surface area contributed by atoms with Crippen molar-refractivity contribution in [1.82, 2.24) is 14.7 Å². The zero-order valence-corrected chi connectivity index (χ0v) is 10.4. The number of hydrogen-bond acceptors (Lipinski definition) is 4. The van der Waals surface area contributed by atoms with Crippen LogP contribution in [0.4, 0.5) is 0 Å². The van der Waals surface area contributed by atoms with Gasteiger partial charge < -0.3 is 15.1 Å². The molecule has 1 aliphatic rings. The average molecular weight is 265 g/mol. The first-order valence-corrected chi connectivity index (χ1v) is 5.85. The molecule has 1 saturated heterocycles. The fourth-order valence-corrected chi connectivity index (χ4v) is 2.08. The zero-order chi connectivity index (χ0) is 14.0. The van der Waals surface area contributed by atoms with Gasteiger partial charge in [-0.1, -0.05) is 0 Å². The lowest BCUT2D eigenvalue weighted by Crippen LogP contribution is -2.39. The molecule has 1 aromatic rings. The second-order valence-corrected chi connectivity index (χ2v) is 4.51. The third kappa shape index (κ3) is 3.00. The maximum atomic E-state index is 11.9. The van der Waals surface area contributed by atoms with E-state index in [1.807, 2.05) is 0 Å². The maximum absolute atomic E-state index is 11.9. The molecule has 1 fully saturated rings. The molecule has 2 rings (SSSR count). The smallest absolute Gasteiger partial charge is 0.326 e. The molecule has 0 aromatic carbocycles. The largest absolute Gasteiger partial charge is 0.480 e. The van der Waals surface area contributed by atoms with E-state index in [1.165, 1.54) is 11.0 Å². The molecular formula is C12H15N3O4. The van der Waals surface area contributed by atoms with Gasteiger partial charge in [-0.05, 0) is 6.08 Å². The number of aromatic nitrogens is 2. The summed E-state index contributed by atoms with van der Waals surface area (Å²) in [5, 5.41) is 22.4. The molecule has 0 aliphatic carbocycles. The lowest BCUT2D eigenvalue weighted by Gasteiger charge is -2.19. The number of carboxylic acids is 1. The second-order valence-electron chi connectivity index (χ2n) is 4.51. The van der Waals surface area contributed by atoms with Crippen molar-refractivity contribution in [2.24, 2.45) is 7.05 Å². The van der Waals surface area contributed by atoms with E-state index >= 15 is 0 Å². The van der Waals surface area contributed by atoms with Crippen molar-refractivity contribution in [2.45, 2.75) is 18.6 Å². The molecule has 102 valence electrons.